The lowest BCUT2D eigenvalue weighted by atomic mass is 10.1. The molecule has 0 saturated carbocycles. The van der Waals surface area contributed by atoms with Crippen molar-refractivity contribution >= 4 is 29.9 Å². The standard InChI is InChI=1S/C21H35N5O.HI/c1-3-22-21(26-12-9-20(27)17-26)23-15-18-5-7-19(8-6-18)16-25-11-4-10-24(2)13-14-25;/h5-8,20,27H,3-4,9-17H2,1-2H3,(H,22,23);1H/t20-;/m1./s1. The topological polar surface area (TPSA) is 54.3 Å². The number of aliphatic hydroxyl groups excluding tert-OH is 1. The highest BCUT2D eigenvalue weighted by atomic mass is 127. The average Bonchev–Trinajstić information content (AvgIpc) is 2.99. The number of nitrogens with one attached hydrogen (secondary N) is 1. The van der Waals surface area contributed by atoms with Gasteiger partial charge in [0.05, 0.1) is 12.6 Å². The van der Waals surface area contributed by atoms with Gasteiger partial charge in [0.25, 0.3) is 0 Å². The van der Waals surface area contributed by atoms with Crippen LogP contribution >= 0.6 is 24.0 Å². The van der Waals surface area contributed by atoms with Gasteiger partial charge in [-0.05, 0) is 51.0 Å². The second-order valence-electron chi connectivity index (χ2n) is 7.81. The fourth-order valence-electron chi connectivity index (χ4n) is 3.79. The maximum atomic E-state index is 9.77. The molecule has 0 unspecified atom stereocenters. The van der Waals surface area contributed by atoms with E-state index in [-0.39, 0.29) is 30.1 Å². The highest BCUT2D eigenvalue weighted by Crippen LogP contribution is 2.12. The number of benzene rings is 1. The monoisotopic (exact) mass is 501 g/mol. The number of likely N-dealkylation sites (N-methyl/N-ethyl adjacent to an activating group) is 1. The lowest BCUT2D eigenvalue weighted by Crippen LogP contribution is -2.40. The first kappa shape index (κ1) is 23.4. The molecule has 28 heavy (non-hydrogen) atoms. The van der Waals surface area contributed by atoms with Crippen molar-refractivity contribution in [3.05, 3.63) is 35.4 Å². The molecule has 2 saturated heterocycles. The first-order valence-electron chi connectivity index (χ1n) is 10.3. The Labute approximate surface area is 187 Å². The van der Waals surface area contributed by atoms with Gasteiger partial charge in [-0.1, -0.05) is 24.3 Å². The quantitative estimate of drug-likeness (QED) is 0.367. The van der Waals surface area contributed by atoms with Crippen LogP contribution in [0.1, 0.15) is 30.9 Å². The number of rotatable bonds is 5. The van der Waals surface area contributed by atoms with Gasteiger partial charge in [-0.25, -0.2) is 4.99 Å². The molecule has 0 radical (unpaired) electrons. The second-order valence-corrected chi connectivity index (χ2v) is 7.81. The highest BCUT2D eigenvalue weighted by Gasteiger charge is 2.22. The Balaban J connectivity index is 0.00000280. The number of β-amino-alcohol motifs (C(OH)–C–C–N with tert-alkyl or cyclic N) is 1. The van der Waals surface area contributed by atoms with Gasteiger partial charge in [0, 0.05) is 39.3 Å². The van der Waals surface area contributed by atoms with Gasteiger partial charge in [-0.3, -0.25) is 4.90 Å². The maximum absolute atomic E-state index is 9.77. The van der Waals surface area contributed by atoms with Gasteiger partial charge >= 0.3 is 0 Å². The maximum Gasteiger partial charge on any atom is 0.194 e. The molecule has 2 heterocycles. The van der Waals surface area contributed by atoms with Gasteiger partial charge in [-0.2, -0.15) is 0 Å². The molecule has 0 spiro atoms. The number of likely N-dealkylation sites (tertiary alicyclic amines) is 1. The molecule has 2 N–H and O–H groups in total. The van der Waals surface area contributed by atoms with Crippen LogP contribution in [0.3, 0.4) is 0 Å². The molecule has 1 aromatic carbocycles. The summed E-state index contributed by atoms with van der Waals surface area (Å²) in [6, 6.07) is 8.88. The third kappa shape index (κ3) is 7.17. The largest absolute Gasteiger partial charge is 0.391 e. The van der Waals surface area contributed by atoms with Crippen molar-refractivity contribution in [1.29, 1.82) is 0 Å². The van der Waals surface area contributed by atoms with Crippen molar-refractivity contribution in [2.24, 2.45) is 4.99 Å². The lowest BCUT2D eigenvalue weighted by Gasteiger charge is -2.21. The van der Waals surface area contributed by atoms with Crippen molar-refractivity contribution in [2.45, 2.75) is 39.0 Å². The van der Waals surface area contributed by atoms with E-state index in [9.17, 15) is 5.11 Å². The molecule has 158 valence electrons. The SMILES string of the molecule is CCNC(=NCc1ccc(CN2CCCN(C)CC2)cc1)N1CC[C@@H](O)C1.I. The van der Waals surface area contributed by atoms with E-state index >= 15 is 0 Å². The summed E-state index contributed by atoms with van der Waals surface area (Å²) in [5.74, 6) is 0.909. The first-order valence-corrected chi connectivity index (χ1v) is 10.3. The van der Waals surface area contributed by atoms with E-state index in [0.29, 0.717) is 13.1 Å². The summed E-state index contributed by atoms with van der Waals surface area (Å²) < 4.78 is 0. The second kappa shape index (κ2) is 11.9. The number of hydrogen-bond acceptors (Lipinski definition) is 4. The van der Waals surface area contributed by atoms with E-state index in [0.717, 1.165) is 45.1 Å². The molecule has 2 aliphatic heterocycles. The van der Waals surface area contributed by atoms with Gasteiger partial charge in [-0.15, -0.1) is 24.0 Å². The van der Waals surface area contributed by atoms with Crippen LogP contribution in [0.4, 0.5) is 0 Å². The van der Waals surface area contributed by atoms with Crippen LogP contribution in [0.15, 0.2) is 29.3 Å². The number of aliphatic hydroxyl groups is 1. The van der Waals surface area contributed by atoms with E-state index in [2.05, 4.69) is 58.3 Å². The number of halogens is 1. The fourth-order valence-corrected chi connectivity index (χ4v) is 3.79. The molecular formula is C21H36IN5O. The zero-order chi connectivity index (χ0) is 19.1. The van der Waals surface area contributed by atoms with E-state index in [1.165, 1.54) is 30.6 Å². The Morgan fingerprint density at radius 2 is 1.86 bits per heavy atom. The molecule has 2 aliphatic rings. The Morgan fingerprint density at radius 3 is 2.54 bits per heavy atom. The molecule has 1 atom stereocenters. The predicted octanol–water partition coefficient (Wildman–Crippen LogP) is 1.97. The normalized spacial score (nSPS) is 22.0. The predicted molar refractivity (Wildman–Crippen MR) is 126 cm³/mol. The molecule has 2 fully saturated rings. The third-order valence-electron chi connectivity index (χ3n) is 5.45. The van der Waals surface area contributed by atoms with Crippen LogP contribution < -0.4 is 5.32 Å². The minimum absolute atomic E-state index is 0. The van der Waals surface area contributed by atoms with Gasteiger partial charge < -0.3 is 20.2 Å². The van der Waals surface area contributed by atoms with Gasteiger partial charge in [0.2, 0.25) is 0 Å². The highest BCUT2D eigenvalue weighted by molar-refractivity contribution is 14.0. The van der Waals surface area contributed by atoms with E-state index in [1.54, 1.807) is 0 Å². The Kier molecular flexibility index (Phi) is 9.98. The van der Waals surface area contributed by atoms with Crippen molar-refractivity contribution in [2.75, 3.05) is 52.9 Å². The molecule has 3 rings (SSSR count). The minimum Gasteiger partial charge on any atom is -0.391 e. The van der Waals surface area contributed by atoms with Crippen molar-refractivity contribution in [3.63, 3.8) is 0 Å². The number of aliphatic imine (C=N–C) groups is 1. The van der Waals surface area contributed by atoms with E-state index in [1.807, 2.05) is 0 Å². The van der Waals surface area contributed by atoms with Crippen LogP contribution in [0.5, 0.6) is 0 Å². The minimum atomic E-state index is -0.230. The molecule has 0 aliphatic carbocycles. The molecule has 0 amide bonds. The van der Waals surface area contributed by atoms with Crippen LogP contribution in [0.2, 0.25) is 0 Å². The van der Waals surface area contributed by atoms with Gasteiger partial charge in [0.1, 0.15) is 0 Å². The Bertz CT molecular complexity index is 609. The van der Waals surface area contributed by atoms with Crippen molar-refractivity contribution < 1.29 is 5.11 Å². The first-order chi connectivity index (χ1) is 13.1. The zero-order valence-corrected chi connectivity index (χ0v) is 19.6. The summed E-state index contributed by atoms with van der Waals surface area (Å²) >= 11 is 0. The third-order valence-corrected chi connectivity index (χ3v) is 5.45. The van der Waals surface area contributed by atoms with E-state index < -0.39 is 0 Å². The summed E-state index contributed by atoms with van der Waals surface area (Å²) in [7, 11) is 2.21. The summed E-state index contributed by atoms with van der Waals surface area (Å²) in [5.41, 5.74) is 2.60. The van der Waals surface area contributed by atoms with Crippen molar-refractivity contribution in [3.8, 4) is 0 Å². The summed E-state index contributed by atoms with van der Waals surface area (Å²) in [4.78, 5) is 11.9. The number of nitrogens with zero attached hydrogens (tertiary/aromatic N) is 4. The van der Waals surface area contributed by atoms with E-state index in [4.69, 9.17) is 4.99 Å². The van der Waals surface area contributed by atoms with Crippen LogP contribution in [0, 0.1) is 0 Å². The molecule has 1 aromatic rings. The Hall–Kier alpha value is -0.900. The molecule has 6 nitrogen and oxygen atoms in total. The summed E-state index contributed by atoms with van der Waals surface area (Å²) in [6.45, 7) is 10.9. The average molecular weight is 501 g/mol. The Morgan fingerprint density at radius 1 is 1.11 bits per heavy atom. The fraction of sp³-hybridized carbons (Fsp3) is 0.667. The summed E-state index contributed by atoms with van der Waals surface area (Å²) in [6.07, 6.45) is 1.85. The number of hydrogen-bond donors (Lipinski definition) is 2. The molecule has 0 aromatic heterocycles. The van der Waals surface area contributed by atoms with Crippen molar-refractivity contribution in [1.82, 2.24) is 20.0 Å². The van der Waals surface area contributed by atoms with Crippen LogP contribution in [0.25, 0.3) is 0 Å². The lowest BCUT2D eigenvalue weighted by molar-refractivity contribution is 0.188. The van der Waals surface area contributed by atoms with Gasteiger partial charge in [0.15, 0.2) is 5.96 Å². The smallest absolute Gasteiger partial charge is 0.194 e. The number of guanidine groups is 1. The molecule has 7 heteroatoms. The molecular weight excluding hydrogens is 465 g/mol. The van der Waals surface area contributed by atoms with Crippen LogP contribution in [-0.2, 0) is 13.1 Å². The summed E-state index contributed by atoms with van der Waals surface area (Å²) in [5, 5.41) is 13.1. The zero-order valence-electron chi connectivity index (χ0n) is 17.3. The molecule has 0 bridgehead atoms. The van der Waals surface area contributed by atoms with Crippen LogP contribution in [-0.4, -0.2) is 84.7 Å².